The van der Waals surface area contributed by atoms with Crippen LogP contribution in [0.2, 0.25) is 0 Å². The second-order valence-electron chi connectivity index (χ2n) is 0. The summed E-state index contributed by atoms with van der Waals surface area (Å²) in [5, 5.41) is 0. The maximum Gasteiger partial charge on any atom is 3.00 e. The van der Waals surface area contributed by atoms with Gasteiger partial charge in [0.05, 0.1) is 0 Å². The molecule has 0 aromatic heterocycles. The first-order valence-corrected chi connectivity index (χ1v) is 0. The van der Waals surface area contributed by atoms with Crippen LogP contribution in [0.1, 0.15) is 0 Å². The van der Waals surface area contributed by atoms with E-state index in [1.165, 1.54) is 0 Å². The van der Waals surface area contributed by atoms with Gasteiger partial charge in [-0.15, -0.1) is 0 Å². The van der Waals surface area contributed by atoms with E-state index in [4.69, 9.17) is 0 Å². The third kappa shape index (κ3) is 9.66. The summed E-state index contributed by atoms with van der Waals surface area (Å²) >= 11 is 0. The molecule has 0 aliphatic carbocycles. The number of hydrogen-bond donors (Lipinski definition) is 0. The van der Waals surface area contributed by atoms with Gasteiger partial charge in [-0.25, -0.2) is 0 Å². The standard InChI is InChI=1S/Al.FH.O.Y/h;1H;;/q+3;;-2;+3/p-1. The summed E-state index contributed by atoms with van der Waals surface area (Å²) in [7, 11) is 0. The van der Waals surface area contributed by atoms with Crippen LogP contribution in [0.25, 0.3) is 0 Å². The van der Waals surface area contributed by atoms with Crippen molar-refractivity contribution in [2.45, 2.75) is 0 Å². The molecule has 16 valence electrons. The van der Waals surface area contributed by atoms with Crippen molar-refractivity contribution < 1.29 is 42.9 Å². The molecule has 0 unspecified atom stereocenters. The van der Waals surface area contributed by atoms with E-state index in [9.17, 15) is 0 Å². The van der Waals surface area contributed by atoms with E-state index in [0.29, 0.717) is 0 Å². The summed E-state index contributed by atoms with van der Waals surface area (Å²) in [6.07, 6.45) is 0. The van der Waals surface area contributed by atoms with Crippen molar-refractivity contribution in [2.24, 2.45) is 0 Å². The second kappa shape index (κ2) is 24.2. The van der Waals surface area contributed by atoms with Crippen molar-refractivity contribution in [3.63, 3.8) is 0 Å². The number of rotatable bonds is 0. The maximum atomic E-state index is 0. The Kier molecular flexibility index (Phi) is 294. The fourth-order valence-electron chi connectivity index (χ4n) is 0. The molecule has 0 aromatic rings. The summed E-state index contributed by atoms with van der Waals surface area (Å²) in [4.78, 5) is 0. The van der Waals surface area contributed by atoms with Crippen LogP contribution in [-0.2, 0) is 38.2 Å². The summed E-state index contributed by atoms with van der Waals surface area (Å²) in [5.41, 5.74) is 0. The van der Waals surface area contributed by atoms with Crippen molar-refractivity contribution >= 4 is 17.4 Å². The van der Waals surface area contributed by atoms with E-state index in [1.807, 2.05) is 0 Å². The molecule has 0 radical (unpaired) electrons. The zero-order chi connectivity index (χ0) is 0. The van der Waals surface area contributed by atoms with Crippen molar-refractivity contribution in [3.8, 4) is 0 Å². The molecule has 0 saturated carbocycles. The largest absolute Gasteiger partial charge is 3.00 e. The molecule has 0 saturated heterocycles. The SMILES string of the molecule is [Al+3].[F-].[O-2].[Y+3]. The molecule has 0 aliphatic heterocycles. The second-order valence-corrected chi connectivity index (χ2v) is 0. The van der Waals surface area contributed by atoms with E-state index in [0.717, 1.165) is 0 Å². The predicted molar refractivity (Wildman–Crippen MR) is 6.44 cm³/mol. The van der Waals surface area contributed by atoms with Gasteiger partial charge >= 0.3 is 50.1 Å². The van der Waals surface area contributed by atoms with Gasteiger partial charge in [0.25, 0.3) is 0 Å². The summed E-state index contributed by atoms with van der Waals surface area (Å²) < 4.78 is 0. The minimum absolute atomic E-state index is 0. The maximum absolute atomic E-state index is 0. The van der Waals surface area contributed by atoms with E-state index < -0.39 is 0 Å². The average Bonchev–Trinajstić information content (AvgIpc) is 0. The molecule has 0 amide bonds. The van der Waals surface area contributed by atoms with Gasteiger partial charge in [0, 0.05) is 0 Å². The summed E-state index contributed by atoms with van der Waals surface area (Å²) in [6, 6.07) is 0. The molecule has 0 heterocycles. The van der Waals surface area contributed by atoms with Crippen LogP contribution in [0, 0.1) is 0 Å². The Bertz CT molecular complexity index is 8.00. The molecule has 0 N–H and O–H groups in total. The molecule has 0 atom stereocenters. The van der Waals surface area contributed by atoms with Gasteiger partial charge < -0.3 is 10.2 Å². The fourth-order valence-corrected chi connectivity index (χ4v) is 0. The van der Waals surface area contributed by atoms with Crippen molar-refractivity contribution in [3.05, 3.63) is 0 Å². The number of halogens is 1. The molecule has 0 rings (SSSR count). The summed E-state index contributed by atoms with van der Waals surface area (Å²) in [6.45, 7) is 0. The molecule has 0 aromatic carbocycles. The van der Waals surface area contributed by atoms with E-state index in [2.05, 4.69) is 0 Å². The Morgan fingerprint density at radius 2 is 1.00 bits per heavy atom. The van der Waals surface area contributed by atoms with Crippen LogP contribution in [0.4, 0.5) is 0 Å². The van der Waals surface area contributed by atoms with E-state index in [1.54, 1.807) is 0 Å². The van der Waals surface area contributed by atoms with Crippen LogP contribution < -0.4 is 4.70 Å². The predicted octanol–water partition coefficient (Wildman–Crippen LogP) is -3.50. The molecule has 4 heteroatoms. The molecule has 1 nitrogen and oxygen atoms in total. The Morgan fingerprint density at radius 3 is 1.00 bits per heavy atom. The first kappa shape index (κ1) is 48.6. The minimum Gasteiger partial charge on any atom is -2.00 e. The minimum atomic E-state index is 0. The van der Waals surface area contributed by atoms with Crippen LogP contribution >= 0.6 is 0 Å². The topological polar surface area (TPSA) is 28.5 Å². The van der Waals surface area contributed by atoms with Crippen molar-refractivity contribution in [1.82, 2.24) is 0 Å². The molecular weight excluding hydrogens is 151 g/mol. The first-order valence-electron chi connectivity index (χ1n) is 0. The van der Waals surface area contributed by atoms with Crippen LogP contribution in [-0.4, -0.2) is 17.4 Å². The molecule has 0 fully saturated rings. The smallest absolute Gasteiger partial charge is 2.00 e. The zero-order valence-electron chi connectivity index (χ0n) is 1.94. The average molecular weight is 151 g/mol. The third-order valence-corrected chi connectivity index (χ3v) is 0. The Hall–Kier alpha value is 1.53. The van der Waals surface area contributed by atoms with E-state index in [-0.39, 0.29) is 60.3 Å². The Labute approximate surface area is 59.8 Å². The van der Waals surface area contributed by atoms with Gasteiger partial charge in [0.2, 0.25) is 0 Å². The van der Waals surface area contributed by atoms with Gasteiger partial charge in [-0.1, -0.05) is 0 Å². The van der Waals surface area contributed by atoms with Crippen LogP contribution in [0.5, 0.6) is 0 Å². The monoisotopic (exact) mass is 151 g/mol. The molecule has 0 aliphatic rings. The van der Waals surface area contributed by atoms with Crippen LogP contribution in [0.15, 0.2) is 0 Å². The molecule has 0 bridgehead atoms. The fraction of sp³-hybridized carbons (Fsp3) is 0. The van der Waals surface area contributed by atoms with E-state index >= 15 is 0 Å². The van der Waals surface area contributed by atoms with Gasteiger partial charge in [0.15, 0.2) is 0 Å². The summed E-state index contributed by atoms with van der Waals surface area (Å²) in [5.74, 6) is 0. The van der Waals surface area contributed by atoms with Crippen molar-refractivity contribution in [1.29, 1.82) is 0 Å². The Balaban J connectivity index is 0. The molecular formula is AlFOY+3. The normalized spacial score (nSPS) is 0. The van der Waals surface area contributed by atoms with Crippen LogP contribution in [0.3, 0.4) is 0 Å². The zero-order valence-corrected chi connectivity index (χ0v) is 5.93. The first-order chi connectivity index (χ1) is 0. The molecule has 4 heavy (non-hydrogen) atoms. The van der Waals surface area contributed by atoms with Gasteiger partial charge in [-0.2, -0.15) is 0 Å². The number of hydrogen-bond acceptors (Lipinski definition) is 0. The van der Waals surface area contributed by atoms with Gasteiger partial charge in [-0.05, 0) is 0 Å². The quantitative estimate of drug-likeness (QED) is 0.321. The van der Waals surface area contributed by atoms with Gasteiger partial charge in [-0.3, -0.25) is 0 Å². The van der Waals surface area contributed by atoms with Gasteiger partial charge in [0.1, 0.15) is 0 Å². The third-order valence-electron chi connectivity index (χ3n) is 0. The molecule has 0 spiro atoms. The van der Waals surface area contributed by atoms with Crippen molar-refractivity contribution in [2.75, 3.05) is 0 Å². The Morgan fingerprint density at radius 1 is 1.00 bits per heavy atom.